The van der Waals surface area contributed by atoms with Gasteiger partial charge >= 0.3 is 0 Å². The van der Waals surface area contributed by atoms with Crippen LogP contribution in [0.3, 0.4) is 0 Å². The van der Waals surface area contributed by atoms with E-state index in [1.165, 1.54) is 11.3 Å². The molecule has 1 rings (SSSR count). The van der Waals surface area contributed by atoms with Gasteiger partial charge in [0.25, 0.3) is 0 Å². The first-order valence-corrected chi connectivity index (χ1v) is 7.93. The van der Waals surface area contributed by atoms with Gasteiger partial charge in [0.1, 0.15) is 4.21 Å². The lowest BCUT2D eigenvalue weighted by Gasteiger charge is -2.01. The fraction of sp³-hybridized carbons (Fsp3) is 0.400. The molecule has 0 saturated carbocycles. The highest BCUT2D eigenvalue weighted by molar-refractivity contribution is 9.11. The van der Waals surface area contributed by atoms with Crippen molar-refractivity contribution in [3.8, 4) is 0 Å². The Kier molecular flexibility index (Phi) is 5.17. The van der Waals surface area contributed by atoms with Gasteiger partial charge in [-0.05, 0) is 47.8 Å². The largest absolute Gasteiger partial charge is 0.250 e. The number of nitrogens with one attached hydrogen (secondary N) is 1. The van der Waals surface area contributed by atoms with Gasteiger partial charge in [-0.2, -0.15) is 0 Å². The van der Waals surface area contributed by atoms with Crippen molar-refractivity contribution in [2.45, 2.75) is 24.5 Å². The molecule has 3 nitrogen and oxygen atoms in total. The maximum atomic E-state index is 11.8. The lowest BCUT2D eigenvalue weighted by atomic mass is 10.4. The lowest BCUT2D eigenvalue weighted by molar-refractivity contribution is 0.584. The van der Waals surface area contributed by atoms with Crippen LogP contribution in [0.4, 0.5) is 0 Å². The predicted molar refractivity (Wildman–Crippen MR) is 71.4 cm³/mol. The van der Waals surface area contributed by atoms with E-state index < -0.39 is 10.0 Å². The van der Waals surface area contributed by atoms with E-state index in [0.29, 0.717) is 17.2 Å². The quantitative estimate of drug-likeness (QED) is 0.668. The first-order valence-electron chi connectivity index (χ1n) is 4.84. The van der Waals surface area contributed by atoms with Gasteiger partial charge in [-0.3, -0.25) is 0 Å². The monoisotopic (exact) mass is 323 g/mol. The Hall–Kier alpha value is -0.170. The average molecular weight is 324 g/mol. The van der Waals surface area contributed by atoms with Crippen molar-refractivity contribution in [3.05, 3.63) is 27.6 Å². The van der Waals surface area contributed by atoms with E-state index in [9.17, 15) is 8.42 Å². The predicted octanol–water partition coefficient (Wildman–Crippen LogP) is 3.06. The summed E-state index contributed by atoms with van der Waals surface area (Å²) in [5, 5.41) is 0. The topological polar surface area (TPSA) is 46.2 Å². The second kappa shape index (κ2) is 5.95. The zero-order chi connectivity index (χ0) is 12.2. The Morgan fingerprint density at radius 2 is 2.25 bits per heavy atom. The molecule has 0 fully saturated rings. The van der Waals surface area contributed by atoms with Crippen molar-refractivity contribution in [2.75, 3.05) is 6.54 Å². The Morgan fingerprint density at radius 1 is 1.56 bits per heavy atom. The first kappa shape index (κ1) is 13.9. The molecule has 16 heavy (non-hydrogen) atoms. The van der Waals surface area contributed by atoms with Gasteiger partial charge < -0.3 is 0 Å². The highest BCUT2D eigenvalue weighted by atomic mass is 79.9. The van der Waals surface area contributed by atoms with Crippen LogP contribution >= 0.6 is 27.3 Å². The molecule has 0 aliphatic heterocycles. The maximum absolute atomic E-state index is 11.8. The molecule has 0 unspecified atom stereocenters. The van der Waals surface area contributed by atoms with Crippen molar-refractivity contribution in [3.63, 3.8) is 0 Å². The molecule has 6 heteroatoms. The van der Waals surface area contributed by atoms with Gasteiger partial charge in [-0.1, -0.05) is 12.2 Å². The summed E-state index contributed by atoms with van der Waals surface area (Å²) < 4.78 is 27.4. The minimum atomic E-state index is -3.34. The Morgan fingerprint density at radius 3 is 2.75 bits per heavy atom. The fourth-order valence-electron chi connectivity index (χ4n) is 1.08. The number of hydrogen-bond acceptors (Lipinski definition) is 3. The first-order chi connectivity index (χ1) is 7.47. The zero-order valence-corrected chi connectivity index (χ0v) is 12.4. The molecule has 90 valence electrons. The van der Waals surface area contributed by atoms with E-state index in [1.807, 2.05) is 26.0 Å². The van der Waals surface area contributed by atoms with Gasteiger partial charge in [0.15, 0.2) is 0 Å². The molecule has 0 aliphatic carbocycles. The van der Waals surface area contributed by atoms with Crippen molar-refractivity contribution < 1.29 is 8.42 Å². The van der Waals surface area contributed by atoms with Crippen LogP contribution in [0.15, 0.2) is 26.2 Å². The van der Waals surface area contributed by atoms with Gasteiger partial charge in [-0.25, -0.2) is 13.1 Å². The van der Waals surface area contributed by atoms with Crippen LogP contribution < -0.4 is 4.72 Å². The van der Waals surface area contributed by atoms with Gasteiger partial charge in [0.05, 0.1) is 3.79 Å². The molecule has 1 aromatic rings. The molecule has 0 bridgehead atoms. The van der Waals surface area contributed by atoms with Gasteiger partial charge in [0.2, 0.25) is 10.0 Å². The van der Waals surface area contributed by atoms with Crippen LogP contribution in [0.5, 0.6) is 0 Å². The van der Waals surface area contributed by atoms with E-state index in [-0.39, 0.29) is 0 Å². The van der Waals surface area contributed by atoms with Crippen molar-refractivity contribution in [2.24, 2.45) is 0 Å². The van der Waals surface area contributed by atoms with Crippen molar-refractivity contribution in [1.82, 2.24) is 4.72 Å². The van der Waals surface area contributed by atoms with Gasteiger partial charge in [-0.15, -0.1) is 11.3 Å². The van der Waals surface area contributed by atoms with Crippen molar-refractivity contribution in [1.29, 1.82) is 0 Å². The van der Waals surface area contributed by atoms with Crippen LogP contribution in [-0.2, 0) is 10.0 Å². The van der Waals surface area contributed by atoms with E-state index in [1.54, 1.807) is 6.07 Å². The standard InChI is InChI=1S/C10H14BrNO2S2/c1-3-4-5-6-12-16(13,14)9-7-8(2)10(11)15-9/h3-4,7,12H,5-6H2,1-2H3/b4-3+. The van der Waals surface area contributed by atoms with Crippen LogP contribution in [-0.4, -0.2) is 15.0 Å². The molecular weight excluding hydrogens is 310 g/mol. The smallest absolute Gasteiger partial charge is 0.210 e. The van der Waals surface area contributed by atoms with E-state index in [0.717, 1.165) is 9.35 Å². The summed E-state index contributed by atoms with van der Waals surface area (Å²) in [6.45, 7) is 4.22. The van der Waals surface area contributed by atoms with Crippen LogP contribution in [0.1, 0.15) is 18.9 Å². The van der Waals surface area contributed by atoms with E-state index in [2.05, 4.69) is 20.7 Å². The average Bonchev–Trinajstić information content (AvgIpc) is 2.55. The van der Waals surface area contributed by atoms with Gasteiger partial charge in [0, 0.05) is 6.54 Å². The molecule has 0 amide bonds. The zero-order valence-electron chi connectivity index (χ0n) is 9.16. The molecule has 1 aromatic heterocycles. The number of halogens is 1. The molecule has 0 spiro atoms. The minimum absolute atomic E-state index is 0.359. The number of rotatable bonds is 5. The summed E-state index contributed by atoms with van der Waals surface area (Å²) in [7, 11) is -3.34. The molecule has 1 heterocycles. The minimum Gasteiger partial charge on any atom is -0.210 e. The highest BCUT2D eigenvalue weighted by Crippen LogP contribution is 2.30. The summed E-state index contributed by atoms with van der Waals surface area (Å²) in [6.07, 6.45) is 4.54. The molecule has 0 aromatic carbocycles. The summed E-state index contributed by atoms with van der Waals surface area (Å²) in [6, 6.07) is 1.67. The fourth-order valence-corrected chi connectivity index (χ4v) is 4.40. The summed E-state index contributed by atoms with van der Waals surface area (Å²) >= 11 is 4.55. The molecule has 0 aliphatic rings. The number of sulfonamides is 1. The molecule has 0 atom stereocenters. The number of hydrogen-bond donors (Lipinski definition) is 1. The highest BCUT2D eigenvalue weighted by Gasteiger charge is 2.17. The van der Waals surface area contributed by atoms with E-state index in [4.69, 9.17) is 0 Å². The number of aryl methyl sites for hydroxylation is 1. The SMILES string of the molecule is C/C=C/CCNS(=O)(=O)c1cc(C)c(Br)s1. The summed E-state index contributed by atoms with van der Waals surface area (Å²) in [5.41, 5.74) is 0.943. The third-order valence-electron chi connectivity index (χ3n) is 1.94. The molecule has 0 saturated heterocycles. The van der Waals surface area contributed by atoms with Crippen LogP contribution in [0.2, 0.25) is 0 Å². The van der Waals surface area contributed by atoms with Crippen molar-refractivity contribution >= 4 is 37.3 Å². The molecule has 1 N–H and O–H groups in total. The Balaban J connectivity index is 2.71. The maximum Gasteiger partial charge on any atom is 0.250 e. The molecule has 0 radical (unpaired) electrons. The number of thiophene rings is 1. The lowest BCUT2D eigenvalue weighted by Crippen LogP contribution is -2.23. The Labute approximate surface area is 109 Å². The normalized spacial score (nSPS) is 12.4. The third-order valence-corrected chi connectivity index (χ3v) is 6.01. The third kappa shape index (κ3) is 3.69. The van der Waals surface area contributed by atoms with Crippen LogP contribution in [0.25, 0.3) is 0 Å². The Bertz CT molecular complexity index is 458. The second-order valence-corrected chi connectivity index (χ2v) is 7.64. The molecular formula is C10H14BrNO2S2. The summed E-state index contributed by atoms with van der Waals surface area (Å²) in [4.78, 5) is 0. The number of allylic oxidation sites excluding steroid dienone is 1. The van der Waals surface area contributed by atoms with Crippen LogP contribution in [0, 0.1) is 6.92 Å². The summed E-state index contributed by atoms with van der Waals surface area (Å²) in [5.74, 6) is 0. The second-order valence-electron chi connectivity index (χ2n) is 3.28. The van der Waals surface area contributed by atoms with E-state index >= 15 is 0 Å².